The van der Waals surface area contributed by atoms with E-state index in [1.165, 1.54) is 19.2 Å². The first-order chi connectivity index (χ1) is 7.99. The van der Waals surface area contributed by atoms with Gasteiger partial charge in [0.05, 0.1) is 18.0 Å². The van der Waals surface area contributed by atoms with E-state index in [4.69, 9.17) is 4.74 Å². The smallest absolute Gasteiger partial charge is 0.309 e. The number of rotatable bonds is 3. The number of benzene rings is 1. The van der Waals surface area contributed by atoms with Crippen molar-refractivity contribution in [3.63, 3.8) is 0 Å². The van der Waals surface area contributed by atoms with Crippen LogP contribution in [0, 0.1) is 16.0 Å². The molecule has 0 amide bonds. The van der Waals surface area contributed by atoms with E-state index in [-0.39, 0.29) is 23.0 Å². The number of methoxy groups -OCH3 is 1. The molecule has 0 saturated heterocycles. The monoisotopic (exact) mass is 235 g/mol. The van der Waals surface area contributed by atoms with Crippen molar-refractivity contribution >= 4 is 11.7 Å². The van der Waals surface area contributed by atoms with Gasteiger partial charge in [-0.1, -0.05) is 19.1 Å². The molecular formula is C12H13NO4. The quantitative estimate of drug-likeness (QED) is 0.456. The van der Waals surface area contributed by atoms with Gasteiger partial charge in [0.25, 0.3) is 5.69 Å². The van der Waals surface area contributed by atoms with E-state index < -0.39 is 4.92 Å². The summed E-state index contributed by atoms with van der Waals surface area (Å²) in [5.74, 6) is -0.347. The normalized spacial score (nSPS) is 26.4. The van der Waals surface area contributed by atoms with Crippen LogP contribution in [-0.2, 0) is 14.9 Å². The lowest BCUT2D eigenvalue weighted by molar-refractivity contribution is -0.384. The predicted octanol–water partition coefficient (Wildman–Crippen LogP) is 2.05. The number of carbonyl (C=O) groups is 1. The van der Waals surface area contributed by atoms with Crippen molar-refractivity contribution < 1.29 is 14.5 Å². The second kappa shape index (κ2) is 3.84. The first-order valence-corrected chi connectivity index (χ1v) is 5.32. The van der Waals surface area contributed by atoms with Crippen LogP contribution >= 0.6 is 0 Å². The second-order valence-corrected chi connectivity index (χ2v) is 4.50. The Morgan fingerprint density at radius 1 is 1.47 bits per heavy atom. The van der Waals surface area contributed by atoms with Crippen LogP contribution in [0.1, 0.15) is 18.9 Å². The lowest BCUT2D eigenvalue weighted by Crippen LogP contribution is -2.13. The Hall–Kier alpha value is -1.91. The minimum Gasteiger partial charge on any atom is -0.469 e. The van der Waals surface area contributed by atoms with Gasteiger partial charge in [-0.25, -0.2) is 0 Å². The highest BCUT2D eigenvalue weighted by atomic mass is 16.6. The van der Waals surface area contributed by atoms with Crippen molar-refractivity contribution in [1.82, 2.24) is 0 Å². The van der Waals surface area contributed by atoms with Gasteiger partial charge in [-0.2, -0.15) is 0 Å². The van der Waals surface area contributed by atoms with Crippen LogP contribution in [0.15, 0.2) is 24.3 Å². The molecule has 1 aromatic carbocycles. The molecular weight excluding hydrogens is 222 g/mol. The Morgan fingerprint density at radius 2 is 2.06 bits per heavy atom. The summed E-state index contributed by atoms with van der Waals surface area (Å²) >= 11 is 0. The predicted molar refractivity (Wildman–Crippen MR) is 60.6 cm³/mol. The van der Waals surface area contributed by atoms with E-state index in [9.17, 15) is 14.9 Å². The number of ether oxygens (including phenoxy) is 1. The van der Waals surface area contributed by atoms with Gasteiger partial charge in [0.2, 0.25) is 0 Å². The number of nitrogens with zero attached hydrogens (tertiary/aromatic N) is 1. The van der Waals surface area contributed by atoms with Gasteiger partial charge in [-0.05, 0) is 12.0 Å². The van der Waals surface area contributed by atoms with Gasteiger partial charge in [-0.15, -0.1) is 0 Å². The van der Waals surface area contributed by atoms with Gasteiger partial charge >= 0.3 is 5.97 Å². The zero-order chi connectivity index (χ0) is 12.6. The Morgan fingerprint density at radius 3 is 2.53 bits per heavy atom. The average Bonchev–Trinajstić information content (AvgIpc) is 3.02. The fourth-order valence-electron chi connectivity index (χ4n) is 2.13. The summed E-state index contributed by atoms with van der Waals surface area (Å²) in [6, 6.07) is 6.35. The molecule has 2 rings (SSSR count). The molecule has 0 heterocycles. The molecule has 1 aromatic rings. The van der Waals surface area contributed by atoms with Crippen LogP contribution in [0.3, 0.4) is 0 Å². The summed E-state index contributed by atoms with van der Waals surface area (Å²) < 4.78 is 4.71. The first-order valence-electron chi connectivity index (χ1n) is 5.32. The minimum absolute atomic E-state index is 0.0626. The van der Waals surface area contributed by atoms with Crippen molar-refractivity contribution in [1.29, 1.82) is 0 Å². The third kappa shape index (κ3) is 1.88. The molecule has 1 aliphatic carbocycles. The maximum Gasteiger partial charge on any atom is 0.309 e. The standard InChI is InChI=1S/C12H13NO4/c1-12(7-10(12)11(14)17-2)8-3-5-9(6-4-8)13(15)16/h3-6,10H,7H2,1-2H3/t10-,12-/m1/s1. The number of hydrogen-bond acceptors (Lipinski definition) is 4. The summed E-state index contributed by atoms with van der Waals surface area (Å²) in [5, 5.41) is 10.5. The van der Waals surface area contributed by atoms with Crippen LogP contribution in [0.2, 0.25) is 0 Å². The lowest BCUT2D eigenvalue weighted by atomic mass is 9.95. The molecule has 0 bridgehead atoms. The third-order valence-electron chi connectivity index (χ3n) is 3.46. The van der Waals surface area contributed by atoms with Crippen molar-refractivity contribution in [2.75, 3.05) is 7.11 Å². The van der Waals surface area contributed by atoms with Crippen molar-refractivity contribution in [3.8, 4) is 0 Å². The Labute approximate surface area is 98.5 Å². The van der Waals surface area contributed by atoms with Crippen LogP contribution in [0.25, 0.3) is 0 Å². The van der Waals surface area contributed by atoms with Crippen LogP contribution in [-0.4, -0.2) is 18.0 Å². The number of nitro groups is 1. The molecule has 17 heavy (non-hydrogen) atoms. The Balaban J connectivity index is 2.19. The molecule has 0 N–H and O–H groups in total. The van der Waals surface area contributed by atoms with Gasteiger partial charge in [0.1, 0.15) is 0 Å². The molecule has 1 fully saturated rings. The molecule has 0 unspecified atom stereocenters. The molecule has 0 spiro atoms. The van der Waals surface area contributed by atoms with Crippen LogP contribution in [0.5, 0.6) is 0 Å². The second-order valence-electron chi connectivity index (χ2n) is 4.50. The van der Waals surface area contributed by atoms with Crippen LogP contribution < -0.4 is 0 Å². The number of esters is 1. The van der Waals surface area contributed by atoms with E-state index in [0.717, 1.165) is 12.0 Å². The molecule has 5 nitrogen and oxygen atoms in total. The largest absolute Gasteiger partial charge is 0.469 e. The van der Waals surface area contributed by atoms with Crippen molar-refractivity contribution in [2.24, 2.45) is 5.92 Å². The summed E-state index contributed by atoms with van der Waals surface area (Å²) in [4.78, 5) is 21.5. The molecule has 90 valence electrons. The fourth-order valence-corrected chi connectivity index (χ4v) is 2.13. The molecule has 0 aliphatic heterocycles. The van der Waals surface area contributed by atoms with Gasteiger partial charge in [-0.3, -0.25) is 14.9 Å². The summed E-state index contributed by atoms with van der Waals surface area (Å²) in [6.45, 7) is 1.97. The maximum absolute atomic E-state index is 11.4. The van der Waals surface area contributed by atoms with E-state index in [1.807, 2.05) is 6.92 Å². The van der Waals surface area contributed by atoms with E-state index in [2.05, 4.69) is 0 Å². The zero-order valence-corrected chi connectivity index (χ0v) is 9.67. The summed E-state index contributed by atoms with van der Waals surface area (Å²) in [6.07, 6.45) is 0.734. The summed E-state index contributed by atoms with van der Waals surface area (Å²) in [7, 11) is 1.37. The SMILES string of the molecule is COC(=O)[C@H]1C[C@]1(C)c1ccc([N+](=O)[O-])cc1. The lowest BCUT2D eigenvalue weighted by Gasteiger charge is -2.10. The van der Waals surface area contributed by atoms with Crippen LogP contribution in [0.4, 0.5) is 5.69 Å². The molecule has 1 aliphatic rings. The number of non-ortho nitro benzene ring substituents is 1. The minimum atomic E-state index is -0.434. The van der Waals surface area contributed by atoms with Gasteiger partial charge < -0.3 is 4.74 Å². The van der Waals surface area contributed by atoms with Gasteiger partial charge in [0.15, 0.2) is 0 Å². The van der Waals surface area contributed by atoms with Gasteiger partial charge in [0, 0.05) is 17.5 Å². The van der Waals surface area contributed by atoms with E-state index >= 15 is 0 Å². The Bertz CT molecular complexity index is 468. The topological polar surface area (TPSA) is 69.4 Å². The number of hydrogen-bond donors (Lipinski definition) is 0. The number of nitro benzene ring substituents is 1. The first kappa shape index (κ1) is 11.6. The molecule has 0 aromatic heterocycles. The molecule has 1 saturated carbocycles. The van der Waals surface area contributed by atoms with Crippen molar-refractivity contribution in [2.45, 2.75) is 18.8 Å². The average molecular weight is 235 g/mol. The molecule has 0 radical (unpaired) electrons. The molecule has 5 heteroatoms. The van der Waals surface area contributed by atoms with E-state index in [0.29, 0.717) is 0 Å². The highest BCUT2D eigenvalue weighted by Crippen LogP contribution is 2.54. The van der Waals surface area contributed by atoms with Crippen molar-refractivity contribution in [3.05, 3.63) is 39.9 Å². The number of carbonyl (C=O) groups excluding carboxylic acids is 1. The fraction of sp³-hybridized carbons (Fsp3) is 0.417. The van der Waals surface area contributed by atoms with E-state index in [1.54, 1.807) is 12.1 Å². The maximum atomic E-state index is 11.4. The summed E-state index contributed by atoms with van der Waals surface area (Å²) in [5.41, 5.74) is 0.772. The highest BCUT2D eigenvalue weighted by molar-refractivity contribution is 5.78. The third-order valence-corrected chi connectivity index (χ3v) is 3.46. The molecule has 2 atom stereocenters. The highest BCUT2D eigenvalue weighted by Gasteiger charge is 2.56. The zero-order valence-electron chi connectivity index (χ0n) is 9.67. The Kier molecular flexibility index (Phi) is 2.61.